The number of hydrogen-bond acceptors (Lipinski definition) is 4. The number of nitro groups is 1. The molecule has 0 aliphatic rings. The van der Waals surface area contributed by atoms with Gasteiger partial charge < -0.3 is 9.30 Å². The van der Waals surface area contributed by atoms with Crippen LogP contribution in [0.25, 0.3) is 0 Å². The summed E-state index contributed by atoms with van der Waals surface area (Å²) in [7, 11) is 1.55. The van der Waals surface area contributed by atoms with Crippen molar-refractivity contribution in [2.24, 2.45) is 7.05 Å². The van der Waals surface area contributed by atoms with Crippen LogP contribution >= 0.6 is 11.6 Å². The zero-order valence-corrected chi connectivity index (χ0v) is 11.3. The largest absolute Gasteiger partial charge is 0.456 e. The molecular formula is C13H11ClN2O4. The van der Waals surface area contributed by atoms with E-state index in [-0.39, 0.29) is 18.0 Å². The molecule has 2 rings (SSSR count). The molecule has 0 radical (unpaired) electrons. The highest BCUT2D eigenvalue weighted by atomic mass is 35.5. The predicted octanol–water partition coefficient (Wildman–Crippen LogP) is 2.94. The van der Waals surface area contributed by atoms with Gasteiger partial charge in [-0.3, -0.25) is 10.1 Å². The average Bonchev–Trinajstić information content (AvgIpc) is 2.80. The number of aryl methyl sites for hydroxylation is 1. The summed E-state index contributed by atoms with van der Waals surface area (Å²) >= 11 is 5.75. The van der Waals surface area contributed by atoms with Gasteiger partial charge in [0.1, 0.15) is 12.3 Å². The number of nitrogens with zero attached hydrogens (tertiary/aromatic N) is 2. The van der Waals surface area contributed by atoms with Gasteiger partial charge in [-0.05, 0) is 17.7 Å². The first-order valence-corrected chi connectivity index (χ1v) is 6.07. The molecule has 0 unspecified atom stereocenters. The van der Waals surface area contributed by atoms with Crippen LogP contribution in [-0.4, -0.2) is 15.5 Å². The Balaban J connectivity index is 2.05. The molecule has 0 saturated heterocycles. The van der Waals surface area contributed by atoms with Crippen molar-refractivity contribution in [3.05, 3.63) is 62.9 Å². The van der Waals surface area contributed by atoms with E-state index in [0.717, 1.165) is 5.56 Å². The molecule has 104 valence electrons. The summed E-state index contributed by atoms with van der Waals surface area (Å²) in [4.78, 5) is 21.9. The quantitative estimate of drug-likeness (QED) is 0.493. The second kappa shape index (κ2) is 5.75. The van der Waals surface area contributed by atoms with E-state index >= 15 is 0 Å². The number of rotatable bonds is 4. The van der Waals surface area contributed by atoms with Gasteiger partial charge in [-0.2, -0.15) is 0 Å². The Hall–Kier alpha value is -2.34. The maximum atomic E-state index is 11.8. The lowest BCUT2D eigenvalue weighted by atomic mass is 10.2. The van der Waals surface area contributed by atoms with Gasteiger partial charge in [0.05, 0.1) is 11.1 Å². The minimum atomic E-state index is -0.615. The third kappa shape index (κ3) is 3.16. The predicted molar refractivity (Wildman–Crippen MR) is 72.6 cm³/mol. The van der Waals surface area contributed by atoms with Crippen LogP contribution in [0.3, 0.4) is 0 Å². The summed E-state index contributed by atoms with van der Waals surface area (Å²) in [6.45, 7) is 0.0784. The topological polar surface area (TPSA) is 74.4 Å². The average molecular weight is 295 g/mol. The number of esters is 1. The fourth-order valence-corrected chi connectivity index (χ4v) is 1.78. The van der Waals surface area contributed by atoms with E-state index in [1.54, 1.807) is 31.3 Å². The lowest BCUT2D eigenvalue weighted by Gasteiger charge is -2.05. The fraction of sp³-hybridized carbons (Fsp3) is 0.154. The molecule has 0 bridgehead atoms. The van der Waals surface area contributed by atoms with Crippen LogP contribution in [0.2, 0.25) is 5.02 Å². The van der Waals surface area contributed by atoms with Crippen molar-refractivity contribution in [1.29, 1.82) is 0 Å². The molecule has 0 aliphatic heterocycles. The maximum Gasteiger partial charge on any atom is 0.355 e. The van der Waals surface area contributed by atoms with Gasteiger partial charge in [-0.25, -0.2) is 4.79 Å². The van der Waals surface area contributed by atoms with E-state index in [4.69, 9.17) is 16.3 Å². The number of aromatic nitrogens is 1. The van der Waals surface area contributed by atoms with E-state index in [1.165, 1.54) is 16.8 Å². The molecule has 6 nitrogen and oxygen atoms in total. The molecule has 0 spiro atoms. The minimum Gasteiger partial charge on any atom is -0.456 e. The zero-order chi connectivity index (χ0) is 14.7. The van der Waals surface area contributed by atoms with Crippen molar-refractivity contribution >= 4 is 23.3 Å². The Labute approximate surface area is 119 Å². The van der Waals surface area contributed by atoms with Crippen molar-refractivity contribution in [2.75, 3.05) is 0 Å². The first-order valence-electron chi connectivity index (χ1n) is 5.69. The van der Waals surface area contributed by atoms with Crippen molar-refractivity contribution in [3.63, 3.8) is 0 Å². The van der Waals surface area contributed by atoms with Crippen LogP contribution < -0.4 is 0 Å². The van der Waals surface area contributed by atoms with Gasteiger partial charge in [-0.1, -0.05) is 23.7 Å². The molecule has 1 heterocycles. The number of ether oxygens (including phenoxy) is 1. The number of carbonyl (C=O) groups excluding carboxylic acids is 1. The Morgan fingerprint density at radius 3 is 2.60 bits per heavy atom. The molecule has 2 aromatic rings. The molecular weight excluding hydrogens is 284 g/mol. The van der Waals surface area contributed by atoms with Crippen LogP contribution in [0, 0.1) is 10.1 Å². The van der Waals surface area contributed by atoms with Crippen molar-refractivity contribution in [1.82, 2.24) is 4.57 Å². The van der Waals surface area contributed by atoms with Crippen LogP contribution in [-0.2, 0) is 18.4 Å². The number of hydrogen-bond donors (Lipinski definition) is 0. The third-order valence-electron chi connectivity index (χ3n) is 2.69. The highest BCUT2D eigenvalue weighted by Gasteiger charge is 2.18. The van der Waals surface area contributed by atoms with Crippen molar-refractivity contribution in [2.45, 2.75) is 6.61 Å². The molecule has 0 saturated carbocycles. The Morgan fingerprint density at radius 2 is 2.05 bits per heavy atom. The van der Waals surface area contributed by atoms with Gasteiger partial charge in [0, 0.05) is 18.1 Å². The van der Waals surface area contributed by atoms with Gasteiger partial charge >= 0.3 is 5.97 Å². The highest BCUT2D eigenvalue weighted by molar-refractivity contribution is 6.30. The highest BCUT2D eigenvalue weighted by Crippen LogP contribution is 2.17. The first-order chi connectivity index (χ1) is 9.47. The Kier molecular flexibility index (Phi) is 4.05. The molecule has 0 N–H and O–H groups in total. The summed E-state index contributed by atoms with van der Waals surface area (Å²) in [6, 6.07) is 8.05. The Morgan fingerprint density at radius 1 is 1.40 bits per heavy atom. The summed E-state index contributed by atoms with van der Waals surface area (Å²) in [5.41, 5.74) is 0.767. The zero-order valence-electron chi connectivity index (χ0n) is 10.6. The first kappa shape index (κ1) is 14.1. The standard InChI is InChI=1S/C13H11ClN2O4/c1-15-7-11(16(18)19)6-12(15)13(17)20-8-9-2-4-10(14)5-3-9/h2-7H,8H2,1H3. The normalized spacial score (nSPS) is 10.3. The molecule has 7 heteroatoms. The SMILES string of the molecule is Cn1cc([N+](=O)[O-])cc1C(=O)OCc1ccc(Cl)cc1. The van der Waals surface area contributed by atoms with Crippen molar-refractivity contribution < 1.29 is 14.5 Å². The summed E-state index contributed by atoms with van der Waals surface area (Å²) in [5.74, 6) is -0.615. The Bertz CT molecular complexity index is 649. The second-order valence-corrected chi connectivity index (χ2v) is 4.59. The molecule has 0 aliphatic carbocycles. The van der Waals surface area contributed by atoms with Crippen LogP contribution in [0.15, 0.2) is 36.5 Å². The summed E-state index contributed by atoms with van der Waals surface area (Å²) < 4.78 is 6.47. The molecule has 1 aromatic carbocycles. The number of benzene rings is 1. The van der Waals surface area contributed by atoms with E-state index in [2.05, 4.69) is 0 Å². The maximum absolute atomic E-state index is 11.8. The smallest absolute Gasteiger partial charge is 0.355 e. The lowest BCUT2D eigenvalue weighted by Crippen LogP contribution is -2.09. The van der Waals surface area contributed by atoms with Crippen LogP contribution in [0.5, 0.6) is 0 Å². The summed E-state index contributed by atoms with van der Waals surface area (Å²) in [6.07, 6.45) is 1.26. The monoisotopic (exact) mass is 294 g/mol. The third-order valence-corrected chi connectivity index (χ3v) is 2.95. The van der Waals surface area contributed by atoms with Gasteiger partial charge in [0.15, 0.2) is 0 Å². The summed E-state index contributed by atoms with van der Waals surface area (Å²) in [5, 5.41) is 11.2. The molecule has 0 atom stereocenters. The molecule has 0 amide bonds. The number of halogens is 1. The van der Waals surface area contributed by atoms with E-state index in [0.29, 0.717) is 5.02 Å². The van der Waals surface area contributed by atoms with Gasteiger partial charge in [-0.15, -0.1) is 0 Å². The van der Waals surface area contributed by atoms with Gasteiger partial charge in [0.25, 0.3) is 5.69 Å². The molecule has 1 aromatic heterocycles. The van der Waals surface area contributed by atoms with E-state index in [9.17, 15) is 14.9 Å². The van der Waals surface area contributed by atoms with Crippen LogP contribution in [0.1, 0.15) is 16.1 Å². The molecule has 20 heavy (non-hydrogen) atoms. The lowest BCUT2D eigenvalue weighted by molar-refractivity contribution is -0.384. The van der Waals surface area contributed by atoms with E-state index < -0.39 is 10.9 Å². The van der Waals surface area contributed by atoms with Crippen LogP contribution in [0.4, 0.5) is 5.69 Å². The van der Waals surface area contributed by atoms with Crippen molar-refractivity contribution in [3.8, 4) is 0 Å². The fourth-order valence-electron chi connectivity index (χ4n) is 1.65. The minimum absolute atomic E-state index is 0.0784. The number of carbonyl (C=O) groups is 1. The van der Waals surface area contributed by atoms with E-state index in [1.807, 2.05) is 0 Å². The second-order valence-electron chi connectivity index (χ2n) is 4.15. The van der Waals surface area contributed by atoms with Gasteiger partial charge in [0.2, 0.25) is 0 Å². The molecule has 0 fully saturated rings.